The van der Waals surface area contributed by atoms with Gasteiger partial charge in [-0.25, -0.2) is 9.97 Å². The van der Waals surface area contributed by atoms with Gasteiger partial charge in [-0.1, -0.05) is 23.2 Å². The Kier molecular flexibility index (Phi) is 3.68. The first-order valence-corrected chi connectivity index (χ1v) is 6.72. The highest BCUT2D eigenvalue weighted by molar-refractivity contribution is 6.42. The molecule has 0 bridgehead atoms. The molecule has 0 unspecified atom stereocenters. The van der Waals surface area contributed by atoms with Gasteiger partial charge in [-0.05, 0) is 24.3 Å². The Morgan fingerprint density at radius 2 is 1.81 bits per heavy atom. The highest BCUT2D eigenvalue weighted by Crippen LogP contribution is 2.25. The van der Waals surface area contributed by atoms with E-state index >= 15 is 0 Å². The SMILES string of the molecule is O=C(Nc1ccc(Cl)c(Cl)c1)c1cnc2nccnc2c1. The lowest BCUT2D eigenvalue weighted by Crippen LogP contribution is -2.12. The molecule has 0 aliphatic rings. The highest BCUT2D eigenvalue weighted by Gasteiger charge is 2.09. The Morgan fingerprint density at radius 3 is 2.62 bits per heavy atom. The minimum Gasteiger partial charge on any atom is -0.322 e. The van der Waals surface area contributed by atoms with E-state index in [2.05, 4.69) is 20.3 Å². The quantitative estimate of drug-likeness (QED) is 0.784. The van der Waals surface area contributed by atoms with E-state index in [1.165, 1.54) is 6.20 Å². The molecule has 104 valence electrons. The first kappa shape index (κ1) is 13.7. The molecule has 0 spiro atoms. The zero-order valence-corrected chi connectivity index (χ0v) is 12.1. The third kappa shape index (κ3) is 2.94. The number of fused-ring (bicyclic) bond motifs is 1. The largest absolute Gasteiger partial charge is 0.322 e. The number of nitrogens with one attached hydrogen (secondary N) is 1. The molecule has 3 aromatic rings. The van der Waals surface area contributed by atoms with Gasteiger partial charge in [0.25, 0.3) is 5.91 Å². The van der Waals surface area contributed by atoms with Gasteiger partial charge in [0.05, 0.1) is 15.6 Å². The number of carbonyl (C=O) groups is 1. The number of benzene rings is 1. The van der Waals surface area contributed by atoms with Gasteiger partial charge in [0, 0.05) is 24.3 Å². The number of anilines is 1. The molecule has 0 atom stereocenters. The van der Waals surface area contributed by atoms with Gasteiger partial charge in [-0.3, -0.25) is 9.78 Å². The van der Waals surface area contributed by atoms with Gasteiger partial charge in [0.15, 0.2) is 5.65 Å². The summed E-state index contributed by atoms with van der Waals surface area (Å²) in [6, 6.07) is 6.49. The van der Waals surface area contributed by atoms with E-state index in [-0.39, 0.29) is 5.91 Å². The molecule has 21 heavy (non-hydrogen) atoms. The van der Waals surface area contributed by atoms with E-state index in [0.717, 1.165) is 0 Å². The van der Waals surface area contributed by atoms with E-state index in [1.807, 2.05) is 0 Å². The van der Waals surface area contributed by atoms with Gasteiger partial charge < -0.3 is 5.32 Å². The maximum Gasteiger partial charge on any atom is 0.257 e. The minimum atomic E-state index is -0.312. The summed E-state index contributed by atoms with van der Waals surface area (Å²) in [4.78, 5) is 24.4. The maximum absolute atomic E-state index is 12.2. The van der Waals surface area contributed by atoms with E-state index in [1.54, 1.807) is 36.7 Å². The summed E-state index contributed by atoms with van der Waals surface area (Å²) in [6.45, 7) is 0. The van der Waals surface area contributed by atoms with Gasteiger partial charge >= 0.3 is 0 Å². The number of pyridine rings is 1. The Balaban J connectivity index is 1.87. The third-order valence-electron chi connectivity index (χ3n) is 2.76. The molecule has 3 rings (SSSR count). The Bertz CT molecular complexity index is 838. The van der Waals surface area contributed by atoms with Crippen molar-refractivity contribution in [2.45, 2.75) is 0 Å². The molecule has 7 heteroatoms. The number of carbonyl (C=O) groups excluding carboxylic acids is 1. The summed E-state index contributed by atoms with van der Waals surface area (Å²) in [5, 5.41) is 3.52. The van der Waals surface area contributed by atoms with Crippen molar-refractivity contribution in [3.63, 3.8) is 0 Å². The lowest BCUT2D eigenvalue weighted by molar-refractivity contribution is 0.102. The topological polar surface area (TPSA) is 67.8 Å². The van der Waals surface area contributed by atoms with E-state index in [0.29, 0.717) is 32.5 Å². The molecular weight excluding hydrogens is 311 g/mol. The van der Waals surface area contributed by atoms with Crippen molar-refractivity contribution in [2.75, 3.05) is 5.32 Å². The van der Waals surface area contributed by atoms with Crippen LogP contribution in [0.25, 0.3) is 11.2 Å². The van der Waals surface area contributed by atoms with Crippen LogP contribution >= 0.6 is 23.2 Å². The van der Waals surface area contributed by atoms with Crippen LogP contribution in [0, 0.1) is 0 Å². The average Bonchev–Trinajstić information content (AvgIpc) is 2.50. The lowest BCUT2D eigenvalue weighted by atomic mass is 10.2. The van der Waals surface area contributed by atoms with Crippen LogP contribution in [0.5, 0.6) is 0 Å². The normalized spacial score (nSPS) is 10.6. The summed E-state index contributed by atoms with van der Waals surface area (Å²) in [5.74, 6) is -0.312. The van der Waals surface area contributed by atoms with Crippen molar-refractivity contribution in [1.82, 2.24) is 15.0 Å². The monoisotopic (exact) mass is 318 g/mol. The van der Waals surface area contributed by atoms with Crippen LogP contribution in [-0.4, -0.2) is 20.9 Å². The van der Waals surface area contributed by atoms with Crippen LogP contribution < -0.4 is 5.32 Å². The molecule has 1 amide bonds. The second kappa shape index (κ2) is 5.63. The van der Waals surface area contributed by atoms with Crippen LogP contribution in [0.1, 0.15) is 10.4 Å². The van der Waals surface area contributed by atoms with Crippen molar-refractivity contribution >= 4 is 46.0 Å². The number of aromatic nitrogens is 3. The van der Waals surface area contributed by atoms with Crippen LogP contribution in [-0.2, 0) is 0 Å². The van der Waals surface area contributed by atoms with Crippen molar-refractivity contribution in [3.8, 4) is 0 Å². The summed E-state index contributed by atoms with van der Waals surface area (Å²) < 4.78 is 0. The molecule has 1 N–H and O–H groups in total. The molecule has 0 fully saturated rings. The van der Waals surface area contributed by atoms with Crippen LogP contribution in [0.2, 0.25) is 10.0 Å². The molecule has 2 heterocycles. The van der Waals surface area contributed by atoms with Gasteiger partial charge in [0.1, 0.15) is 5.52 Å². The molecule has 0 radical (unpaired) electrons. The number of hydrogen-bond donors (Lipinski definition) is 1. The number of hydrogen-bond acceptors (Lipinski definition) is 4. The summed E-state index contributed by atoms with van der Waals surface area (Å²) in [7, 11) is 0. The summed E-state index contributed by atoms with van der Waals surface area (Å²) in [5.41, 5.74) is 1.98. The standard InChI is InChI=1S/C14H8Cl2N4O/c15-10-2-1-9(6-11(10)16)20-14(21)8-5-12-13(19-7-8)18-4-3-17-12/h1-7H,(H,20,21). The van der Waals surface area contributed by atoms with Crippen molar-refractivity contribution in [1.29, 1.82) is 0 Å². The second-order valence-corrected chi connectivity index (χ2v) is 5.02. The molecule has 0 aliphatic carbocycles. The van der Waals surface area contributed by atoms with Crippen LogP contribution in [0.15, 0.2) is 42.9 Å². The van der Waals surface area contributed by atoms with Gasteiger partial charge in [-0.15, -0.1) is 0 Å². The number of rotatable bonds is 2. The van der Waals surface area contributed by atoms with Crippen molar-refractivity contribution in [2.24, 2.45) is 0 Å². The fraction of sp³-hybridized carbons (Fsp3) is 0. The van der Waals surface area contributed by atoms with E-state index in [9.17, 15) is 4.79 Å². The molecule has 5 nitrogen and oxygen atoms in total. The molecule has 0 saturated carbocycles. The Morgan fingerprint density at radius 1 is 1.00 bits per heavy atom. The number of halogens is 2. The zero-order valence-electron chi connectivity index (χ0n) is 10.5. The second-order valence-electron chi connectivity index (χ2n) is 4.21. The van der Waals surface area contributed by atoms with Gasteiger partial charge in [0.2, 0.25) is 0 Å². The number of nitrogens with zero attached hydrogens (tertiary/aromatic N) is 3. The predicted octanol–water partition coefficient (Wildman–Crippen LogP) is 3.58. The molecule has 0 saturated heterocycles. The average molecular weight is 319 g/mol. The Hall–Kier alpha value is -2.24. The van der Waals surface area contributed by atoms with Gasteiger partial charge in [-0.2, -0.15) is 0 Å². The zero-order chi connectivity index (χ0) is 14.8. The fourth-order valence-corrected chi connectivity index (χ4v) is 2.06. The smallest absolute Gasteiger partial charge is 0.257 e. The number of amides is 1. The first-order chi connectivity index (χ1) is 10.1. The molecule has 0 aliphatic heterocycles. The summed E-state index contributed by atoms with van der Waals surface area (Å²) in [6.07, 6.45) is 4.54. The van der Waals surface area contributed by atoms with Crippen molar-refractivity contribution in [3.05, 3.63) is 58.5 Å². The Labute approximate surface area is 130 Å². The third-order valence-corrected chi connectivity index (χ3v) is 3.50. The maximum atomic E-state index is 12.2. The highest BCUT2D eigenvalue weighted by atomic mass is 35.5. The molecular formula is C14H8Cl2N4O. The minimum absolute atomic E-state index is 0.312. The van der Waals surface area contributed by atoms with Crippen molar-refractivity contribution < 1.29 is 4.79 Å². The molecule has 1 aromatic carbocycles. The van der Waals surface area contributed by atoms with E-state index in [4.69, 9.17) is 23.2 Å². The lowest BCUT2D eigenvalue weighted by Gasteiger charge is -2.06. The van der Waals surface area contributed by atoms with Crippen LogP contribution in [0.3, 0.4) is 0 Å². The summed E-state index contributed by atoms with van der Waals surface area (Å²) >= 11 is 11.7. The molecule has 2 aromatic heterocycles. The predicted molar refractivity (Wildman–Crippen MR) is 81.7 cm³/mol. The van der Waals surface area contributed by atoms with Crippen LogP contribution in [0.4, 0.5) is 5.69 Å². The van der Waals surface area contributed by atoms with E-state index < -0.39 is 0 Å². The first-order valence-electron chi connectivity index (χ1n) is 5.96. The fourth-order valence-electron chi connectivity index (χ4n) is 1.76.